The van der Waals surface area contributed by atoms with Crippen LogP contribution < -0.4 is 14.8 Å². The third-order valence-electron chi connectivity index (χ3n) is 5.75. The summed E-state index contributed by atoms with van der Waals surface area (Å²) >= 11 is 0. The molecule has 0 saturated carbocycles. The van der Waals surface area contributed by atoms with Gasteiger partial charge in [0.1, 0.15) is 17.1 Å². The highest BCUT2D eigenvalue weighted by atomic mass is 16.6. The van der Waals surface area contributed by atoms with Crippen LogP contribution in [-0.4, -0.2) is 25.1 Å². The summed E-state index contributed by atoms with van der Waals surface area (Å²) in [5.41, 5.74) is 5.03. The Bertz CT molecular complexity index is 1450. The number of aryl methyl sites for hydroxylation is 1. The number of carbonyl (C=O) groups excluding carboxylic acids is 1. The van der Waals surface area contributed by atoms with Crippen molar-refractivity contribution in [1.29, 1.82) is 0 Å². The lowest BCUT2D eigenvalue weighted by molar-refractivity contribution is -0.384. The van der Waals surface area contributed by atoms with Crippen molar-refractivity contribution >= 4 is 33.8 Å². The van der Waals surface area contributed by atoms with Crippen molar-refractivity contribution in [2.24, 2.45) is 0 Å². The molecule has 0 spiro atoms. The summed E-state index contributed by atoms with van der Waals surface area (Å²) < 4.78 is 16.6. The van der Waals surface area contributed by atoms with Gasteiger partial charge in [0, 0.05) is 46.5 Å². The molecule has 0 fully saturated rings. The van der Waals surface area contributed by atoms with Crippen LogP contribution in [0.1, 0.15) is 18.1 Å². The normalized spacial score (nSPS) is 11.4. The van der Waals surface area contributed by atoms with Crippen LogP contribution in [0.3, 0.4) is 0 Å². The number of carbonyl (C=O) groups is 1. The maximum absolute atomic E-state index is 12.7. The Kier molecular flexibility index (Phi) is 6.55. The van der Waals surface area contributed by atoms with Gasteiger partial charge >= 0.3 is 0 Å². The summed E-state index contributed by atoms with van der Waals surface area (Å²) in [5.74, 6) is 0.974. The van der Waals surface area contributed by atoms with E-state index in [1.807, 2.05) is 37.3 Å². The number of ether oxygens (including phenoxy) is 2. The fourth-order valence-electron chi connectivity index (χ4n) is 3.87. The van der Waals surface area contributed by atoms with Gasteiger partial charge in [-0.2, -0.15) is 0 Å². The van der Waals surface area contributed by atoms with Crippen molar-refractivity contribution in [3.05, 3.63) is 88.2 Å². The highest BCUT2D eigenvalue weighted by Crippen LogP contribution is 2.37. The highest BCUT2D eigenvalue weighted by Gasteiger charge is 2.16. The largest absolute Gasteiger partial charge is 0.497 e. The number of nitrogens with zero attached hydrogens (tertiary/aromatic N) is 1. The summed E-state index contributed by atoms with van der Waals surface area (Å²) in [4.78, 5) is 23.2. The molecule has 1 aromatic heterocycles. The van der Waals surface area contributed by atoms with E-state index >= 15 is 0 Å². The van der Waals surface area contributed by atoms with Crippen molar-refractivity contribution in [3.8, 4) is 22.6 Å². The SMILES string of the molecule is COc1ccc(-c2coc3cc(OC)c(/C(C)=C/C(=O)Nc4ccc([N+](=O)[O-])cc4C)cc23)cc1. The molecule has 1 N–H and O–H groups in total. The molecule has 8 nitrogen and oxygen atoms in total. The summed E-state index contributed by atoms with van der Waals surface area (Å²) in [6.07, 6.45) is 3.16. The first-order chi connectivity index (χ1) is 16.8. The minimum Gasteiger partial charge on any atom is -0.497 e. The first-order valence-electron chi connectivity index (χ1n) is 10.8. The predicted octanol–water partition coefficient (Wildman–Crippen LogP) is 6.38. The molecular formula is C27H24N2O6. The summed E-state index contributed by atoms with van der Waals surface area (Å²) in [6, 6.07) is 15.7. The molecule has 0 saturated heterocycles. The van der Waals surface area contributed by atoms with Crippen molar-refractivity contribution < 1.29 is 23.6 Å². The van der Waals surface area contributed by atoms with Gasteiger partial charge in [0.15, 0.2) is 0 Å². The summed E-state index contributed by atoms with van der Waals surface area (Å²) in [6.45, 7) is 3.52. The minimum absolute atomic E-state index is 0.0296. The van der Waals surface area contributed by atoms with Gasteiger partial charge in [-0.25, -0.2) is 0 Å². The molecular weight excluding hydrogens is 448 g/mol. The molecule has 1 amide bonds. The zero-order valence-corrected chi connectivity index (χ0v) is 19.7. The molecule has 0 radical (unpaired) electrons. The quantitative estimate of drug-likeness (QED) is 0.190. The summed E-state index contributed by atoms with van der Waals surface area (Å²) in [5, 5.41) is 14.6. The molecule has 35 heavy (non-hydrogen) atoms. The van der Waals surface area contributed by atoms with E-state index in [-0.39, 0.29) is 11.6 Å². The van der Waals surface area contributed by atoms with E-state index in [4.69, 9.17) is 13.9 Å². The Morgan fingerprint density at radius 1 is 1.06 bits per heavy atom. The number of benzene rings is 3. The number of furan rings is 1. The van der Waals surface area contributed by atoms with Gasteiger partial charge in [-0.3, -0.25) is 14.9 Å². The van der Waals surface area contributed by atoms with E-state index < -0.39 is 4.92 Å². The second-order valence-electron chi connectivity index (χ2n) is 8.00. The smallest absolute Gasteiger partial charge is 0.269 e. The predicted molar refractivity (Wildman–Crippen MR) is 135 cm³/mol. The van der Waals surface area contributed by atoms with Crippen LogP contribution in [0, 0.1) is 17.0 Å². The number of nitro groups is 1. The Morgan fingerprint density at radius 3 is 2.43 bits per heavy atom. The standard InChI is InChI=1S/C27H24N2O6/c1-16(12-27(30)28-24-10-7-19(29(31)32)11-17(24)2)21-13-22-23(15-35-26(22)14-25(21)34-4)18-5-8-20(33-3)9-6-18/h5-15H,1-4H3,(H,28,30)/b16-12+. The lowest BCUT2D eigenvalue weighted by Crippen LogP contribution is -2.10. The second kappa shape index (κ2) is 9.72. The van der Waals surface area contributed by atoms with Crippen molar-refractivity contribution in [3.63, 3.8) is 0 Å². The van der Waals surface area contributed by atoms with Crippen LogP contribution >= 0.6 is 0 Å². The van der Waals surface area contributed by atoms with E-state index in [9.17, 15) is 14.9 Å². The number of hydrogen-bond acceptors (Lipinski definition) is 6. The Labute approximate surface area is 201 Å². The maximum Gasteiger partial charge on any atom is 0.269 e. The van der Waals surface area contributed by atoms with Gasteiger partial charge in [-0.15, -0.1) is 0 Å². The van der Waals surface area contributed by atoms with E-state index in [2.05, 4.69) is 5.32 Å². The lowest BCUT2D eigenvalue weighted by Gasteiger charge is -2.11. The number of nitrogens with one attached hydrogen (secondary N) is 1. The van der Waals surface area contributed by atoms with E-state index in [0.29, 0.717) is 28.2 Å². The zero-order valence-electron chi connectivity index (χ0n) is 19.7. The van der Waals surface area contributed by atoms with Crippen LogP contribution in [-0.2, 0) is 4.79 Å². The van der Waals surface area contributed by atoms with E-state index in [1.165, 1.54) is 24.3 Å². The third-order valence-corrected chi connectivity index (χ3v) is 5.75. The molecule has 0 unspecified atom stereocenters. The number of methoxy groups -OCH3 is 2. The molecule has 8 heteroatoms. The molecule has 1 heterocycles. The fraction of sp³-hybridized carbons (Fsp3) is 0.148. The van der Waals surface area contributed by atoms with Gasteiger partial charge in [0.2, 0.25) is 5.91 Å². The molecule has 3 aromatic carbocycles. The van der Waals surface area contributed by atoms with E-state index in [0.717, 1.165) is 27.8 Å². The Hall–Kier alpha value is -4.59. The Balaban J connectivity index is 1.66. The maximum atomic E-state index is 12.7. The lowest BCUT2D eigenvalue weighted by atomic mass is 9.99. The number of anilines is 1. The number of fused-ring (bicyclic) bond motifs is 1. The van der Waals surface area contributed by atoms with Gasteiger partial charge in [-0.1, -0.05) is 12.1 Å². The number of amides is 1. The molecule has 0 aliphatic carbocycles. The van der Waals surface area contributed by atoms with Crippen molar-refractivity contribution in [2.45, 2.75) is 13.8 Å². The molecule has 4 rings (SSSR count). The van der Waals surface area contributed by atoms with Crippen LogP contribution in [0.4, 0.5) is 11.4 Å². The second-order valence-corrected chi connectivity index (χ2v) is 8.00. The van der Waals surface area contributed by atoms with Crippen molar-refractivity contribution in [1.82, 2.24) is 0 Å². The topological polar surface area (TPSA) is 104 Å². The monoisotopic (exact) mass is 472 g/mol. The van der Waals surface area contributed by atoms with Crippen molar-refractivity contribution in [2.75, 3.05) is 19.5 Å². The number of nitro benzene ring substituents is 1. The number of hydrogen-bond donors (Lipinski definition) is 1. The molecule has 0 atom stereocenters. The van der Waals surface area contributed by atoms with Gasteiger partial charge < -0.3 is 19.2 Å². The Morgan fingerprint density at radius 2 is 1.80 bits per heavy atom. The number of non-ortho nitro benzene ring substituents is 1. The first kappa shape index (κ1) is 23.6. The first-order valence-corrected chi connectivity index (χ1v) is 10.8. The highest BCUT2D eigenvalue weighted by molar-refractivity contribution is 6.05. The number of rotatable bonds is 7. The average Bonchev–Trinajstić information content (AvgIpc) is 3.27. The van der Waals surface area contributed by atoms with Crippen LogP contribution in [0.25, 0.3) is 27.7 Å². The van der Waals surface area contributed by atoms with Crippen LogP contribution in [0.15, 0.2) is 71.4 Å². The molecule has 0 bridgehead atoms. The molecule has 0 aliphatic rings. The zero-order chi connectivity index (χ0) is 25.1. The molecule has 4 aromatic rings. The average molecular weight is 472 g/mol. The fourth-order valence-corrected chi connectivity index (χ4v) is 3.87. The number of allylic oxidation sites excluding steroid dienone is 1. The summed E-state index contributed by atoms with van der Waals surface area (Å²) in [7, 11) is 3.18. The van der Waals surface area contributed by atoms with Gasteiger partial charge in [0.25, 0.3) is 5.69 Å². The van der Waals surface area contributed by atoms with Crippen LogP contribution in [0.2, 0.25) is 0 Å². The van der Waals surface area contributed by atoms with E-state index in [1.54, 1.807) is 33.5 Å². The van der Waals surface area contributed by atoms with Gasteiger partial charge in [-0.05, 0) is 54.8 Å². The minimum atomic E-state index is -0.471. The van der Waals surface area contributed by atoms with Gasteiger partial charge in [0.05, 0.1) is 25.4 Å². The third kappa shape index (κ3) is 4.86. The molecule has 178 valence electrons. The van der Waals surface area contributed by atoms with Crippen LogP contribution in [0.5, 0.6) is 11.5 Å². The molecule has 0 aliphatic heterocycles.